The van der Waals surface area contributed by atoms with Gasteiger partial charge in [-0.1, -0.05) is 6.42 Å². The second kappa shape index (κ2) is 6.54. The summed E-state index contributed by atoms with van der Waals surface area (Å²) in [5, 5.41) is 0. The summed E-state index contributed by atoms with van der Waals surface area (Å²) in [7, 11) is 0. The van der Waals surface area contributed by atoms with Crippen LogP contribution in [0.25, 0.3) is 0 Å². The van der Waals surface area contributed by atoms with Crippen molar-refractivity contribution in [1.82, 2.24) is 4.98 Å². The van der Waals surface area contributed by atoms with Gasteiger partial charge in [-0.2, -0.15) is 0 Å². The van der Waals surface area contributed by atoms with Crippen molar-refractivity contribution in [3.63, 3.8) is 0 Å². The number of H-pyrrole nitrogens is 1. The highest BCUT2D eigenvalue weighted by molar-refractivity contribution is 6.04. The van der Waals surface area contributed by atoms with Crippen LogP contribution in [0.15, 0.2) is 0 Å². The molecule has 5 nitrogen and oxygen atoms in total. The summed E-state index contributed by atoms with van der Waals surface area (Å²) in [5.41, 5.74) is 2.22. The Morgan fingerprint density at radius 2 is 1.92 bits per heavy atom. The molecule has 2 aliphatic rings. The van der Waals surface area contributed by atoms with E-state index in [0.29, 0.717) is 40.8 Å². The molecule has 0 spiro atoms. The van der Waals surface area contributed by atoms with Gasteiger partial charge in [-0.25, -0.2) is 0 Å². The van der Waals surface area contributed by atoms with Gasteiger partial charge in [0.15, 0.2) is 12.4 Å². The van der Waals surface area contributed by atoms with E-state index in [0.717, 1.165) is 12.3 Å². The van der Waals surface area contributed by atoms with Crippen LogP contribution >= 0.6 is 0 Å². The van der Waals surface area contributed by atoms with Gasteiger partial charge in [0.2, 0.25) is 5.78 Å². The summed E-state index contributed by atoms with van der Waals surface area (Å²) in [6.07, 6.45) is 5.35. The smallest absolute Gasteiger partial charge is 0.306 e. The summed E-state index contributed by atoms with van der Waals surface area (Å²) >= 11 is 0. The molecule has 0 aliphatic heterocycles. The van der Waals surface area contributed by atoms with Crippen molar-refractivity contribution in [2.75, 3.05) is 6.61 Å². The third-order valence-electron chi connectivity index (χ3n) is 5.75. The summed E-state index contributed by atoms with van der Waals surface area (Å²) in [4.78, 5) is 38.9. The fourth-order valence-electron chi connectivity index (χ4n) is 4.67. The largest absolute Gasteiger partial charge is 0.457 e. The molecule has 3 atom stereocenters. The van der Waals surface area contributed by atoms with E-state index in [2.05, 4.69) is 4.98 Å². The SMILES string of the molecule is CC(=O)c1c(C)[nH]c(C(=O)COC(=O)CC2CC3CCC2C3)c1C. The Morgan fingerprint density at radius 3 is 2.46 bits per heavy atom. The molecule has 24 heavy (non-hydrogen) atoms. The Morgan fingerprint density at radius 1 is 1.17 bits per heavy atom. The first-order valence-electron chi connectivity index (χ1n) is 8.75. The number of fused-ring (bicyclic) bond motifs is 2. The Labute approximate surface area is 142 Å². The molecule has 5 heteroatoms. The van der Waals surface area contributed by atoms with E-state index in [1.807, 2.05) is 0 Å². The zero-order valence-corrected chi connectivity index (χ0v) is 14.6. The first-order chi connectivity index (χ1) is 11.4. The molecule has 2 fully saturated rings. The minimum atomic E-state index is -0.288. The van der Waals surface area contributed by atoms with E-state index in [9.17, 15) is 14.4 Å². The molecule has 1 aromatic heterocycles. The highest BCUT2D eigenvalue weighted by Crippen LogP contribution is 2.49. The third-order valence-corrected chi connectivity index (χ3v) is 5.75. The van der Waals surface area contributed by atoms with Crippen molar-refractivity contribution < 1.29 is 19.1 Å². The fourth-order valence-corrected chi connectivity index (χ4v) is 4.67. The van der Waals surface area contributed by atoms with Crippen LogP contribution in [0.4, 0.5) is 0 Å². The zero-order valence-electron chi connectivity index (χ0n) is 14.6. The van der Waals surface area contributed by atoms with Gasteiger partial charge in [0.1, 0.15) is 0 Å². The standard InChI is InChI=1S/C19H25NO4/c1-10-18(12(3)21)11(2)20-19(10)16(22)9-24-17(23)8-15-7-13-4-5-14(15)6-13/h13-15,20H,4-9H2,1-3H3. The monoisotopic (exact) mass is 331 g/mol. The lowest BCUT2D eigenvalue weighted by molar-refractivity contribution is -0.144. The lowest BCUT2D eigenvalue weighted by atomic mass is 9.86. The van der Waals surface area contributed by atoms with Crippen LogP contribution in [0, 0.1) is 31.6 Å². The van der Waals surface area contributed by atoms with Gasteiger partial charge in [0.25, 0.3) is 0 Å². The third kappa shape index (κ3) is 3.17. The fraction of sp³-hybridized carbons (Fsp3) is 0.632. The number of ketones is 2. The molecule has 0 radical (unpaired) electrons. The van der Waals surface area contributed by atoms with Crippen molar-refractivity contribution >= 4 is 17.5 Å². The molecular weight excluding hydrogens is 306 g/mol. The second-order valence-electron chi connectivity index (χ2n) is 7.40. The molecule has 0 saturated heterocycles. The van der Waals surface area contributed by atoms with Crippen molar-refractivity contribution in [2.24, 2.45) is 17.8 Å². The summed E-state index contributed by atoms with van der Waals surface area (Å²) in [6.45, 7) is 4.72. The van der Waals surface area contributed by atoms with Crippen LogP contribution in [-0.4, -0.2) is 29.1 Å². The lowest BCUT2D eigenvalue weighted by Gasteiger charge is -2.20. The molecule has 130 valence electrons. The molecule has 2 saturated carbocycles. The molecule has 2 aliphatic carbocycles. The number of ether oxygens (including phenoxy) is 1. The average molecular weight is 331 g/mol. The van der Waals surface area contributed by atoms with Gasteiger partial charge >= 0.3 is 5.97 Å². The predicted molar refractivity (Wildman–Crippen MR) is 89.1 cm³/mol. The van der Waals surface area contributed by atoms with Crippen LogP contribution < -0.4 is 0 Å². The molecular formula is C19H25NO4. The van der Waals surface area contributed by atoms with Crippen LogP contribution in [0.5, 0.6) is 0 Å². The first kappa shape index (κ1) is 16.9. The molecule has 2 bridgehead atoms. The van der Waals surface area contributed by atoms with E-state index in [-0.39, 0.29) is 24.1 Å². The molecule has 3 rings (SSSR count). The van der Waals surface area contributed by atoms with Gasteiger partial charge in [0.05, 0.1) is 5.69 Å². The summed E-state index contributed by atoms with van der Waals surface area (Å²) in [5.74, 6) is 1.25. The lowest BCUT2D eigenvalue weighted by Crippen LogP contribution is -2.20. The highest BCUT2D eigenvalue weighted by atomic mass is 16.5. The van der Waals surface area contributed by atoms with E-state index in [1.165, 1.54) is 26.2 Å². The van der Waals surface area contributed by atoms with E-state index in [4.69, 9.17) is 4.74 Å². The maximum absolute atomic E-state index is 12.3. The van der Waals surface area contributed by atoms with Crippen molar-refractivity contribution in [3.05, 3.63) is 22.5 Å². The quantitative estimate of drug-likeness (QED) is 0.640. The van der Waals surface area contributed by atoms with Crippen LogP contribution in [-0.2, 0) is 9.53 Å². The van der Waals surface area contributed by atoms with E-state index >= 15 is 0 Å². The topological polar surface area (TPSA) is 76.2 Å². The predicted octanol–water partition coefficient (Wildman–Crippen LogP) is 3.39. The number of carbonyl (C=O) groups excluding carboxylic acids is 3. The zero-order chi connectivity index (χ0) is 17.4. The van der Waals surface area contributed by atoms with E-state index < -0.39 is 0 Å². The van der Waals surface area contributed by atoms with Gasteiger partial charge in [-0.15, -0.1) is 0 Å². The minimum absolute atomic E-state index is 0.0754. The Balaban J connectivity index is 1.55. The van der Waals surface area contributed by atoms with Gasteiger partial charge in [-0.3, -0.25) is 14.4 Å². The van der Waals surface area contributed by atoms with Crippen LogP contribution in [0.1, 0.15) is 71.1 Å². The van der Waals surface area contributed by atoms with Gasteiger partial charge in [-0.05, 0) is 63.4 Å². The summed E-state index contributed by atoms with van der Waals surface area (Å²) < 4.78 is 5.20. The number of carbonyl (C=O) groups is 3. The van der Waals surface area contributed by atoms with Crippen molar-refractivity contribution in [2.45, 2.75) is 52.9 Å². The van der Waals surface area contributed by atoms with Crippen molar-refractivity contribution in [3.8, 4) is 0 Å². The molecule has 1 N–H and O–H groups in total. The summed E-state index contributed by atoms with van der Waals surface area (Å²) in [6, 6.07) is 0. The van der Waals surface area contributed by atoms with Crippen LogP contribution in [0.3, 0.4) is 0 Å². The number of aromatic nitrogens is 1. The number of hydrogen-bond donors (Lipinski definition) is 1. The molecule has 3 unspecified atom stereocenters. The molecule has 0 aromatic carbocycles. The Bertz CT molecular complexity index is 688. The maximum atomic E-state index is 12.3. The number of esters is 1. The molecule has 0 amide bonds. The number of rotatable bonds is 6. The number of nitrogens with one attached hydrogen (secondary N) is 1. The second-order valence-corrected chi connectivity index (χ2v) is 7.40. The highest BCUT2D eigenvalue weighted by Gasteiger charge is 2.40. The Hall–Kier alpha value is -1.91. The number of aromatic amines is 1. The Kier molecular flexibility index (Phi) is 4.61. The molecule has 1 heterocycles. The first-order valence-corrected chi connectivity index (χ1v) is 8.75. The van der Waals surface area contributed by atoms with Crippen LogP contribution in [0.2, 0.25) is 0 Å². The van der Waals surface area contributed by atoms with E-state index in [1.54, 1.807) is 13.8 Å². The van der Waals surface area contributed by atoms with Gasteiger partial charge in [0, 0.05) is 17.7 Å². The normalized spacial score (nSPS) is 25.0. The average Bonchev–Trinajstić information content (AvgIpc) is 3.19. The minimum Gasteiger partial charge on any atom is -0.457 e. The van der Waals surface area contributed by atoms with Gasteiger partial charge < -0.3 is 9.72 Å². The number of aryl methyl sites for hydroxylation is 1. The van der Waals surface area contributed by atoms with Crippen molar-refractivity contribution in [1.29, 1.82) is 0 Å². The molecule has 1 aromatic rings. The number of Topliss-reactive ketones (excluding diaryl/α,β-unsaturated/α-hetero) is 2. The maximum Gasteiger partial charge on any atom is 0.306 e. The number of hydrogen-bond acceptors (Lipinski definition) is 4.